The third-order valence-corrected chi connectivity index (χ3v) is 13.2. The molecule has 0 saturated carbocycles. The average molecular weight is 851 g/mol. The predicted molar refractivity (Wildman–Crippen MR) is 218 cm³/mol. The van der Waals surface area contributed by atoms with Gasteiger partial charge in [-0.05, 0) is 59.9 Å². The van der Waals surface area contributed by atoms with Gasteiger partial charge in [0, 0.05) is 36.8 Å². The van der Waals surface area contributed by atoms with Crippen LogP contribution in [0.2, 0.25) is 0 Å². The van der Waals surface area contributed by atoms with E-state index < -0.39 is 81.0 Å². The molecule has 1 saturated heterocycles. The predicted octanol–water partition coefficient (Wildman–Crippen LogP) is 4.41. The molecule has 5 rings (SSSR count). The molecule has 0 aromatic heterocycles. The highest BCUT2D eigenvalue weighted by atomic mass is 32.3. The lowest BCUT2D eigenvalue weighted by Crippen LogP contribution is -2.64. The van der Waals surface area contributed by atoms with Crippen molar-refractivity contribution in [1.29, 1.82) is 0 Å². The van der Waals surface area contributed by atoms with E-state index in [1.54, 1.807) is 72.8 Å². The van der Waals surface area contributed by atoms with Crippen LogP contribution in [0, 0.1) is 5.41 Å². The molecule has 3 aromatic carbocycles. The minimum atomic E-state index is -5.18. The third kappa shape index (κ3) is 11.3. The van der Waals surface area contributed by atoms with E-state index >= 15 is 0 Å². The molecule has 0 spiro atoms. The number of fused-ring (bicyclic) bond motifs is 1. The Hall–Kier alpha value is -3.69. The lowest BCUT2D eigenvalue weighted by atomic mass is 9.68. The van der Waals surface area contributed by atoms with Crippen LogP contribution in [-0.2, 0) is 40.5 Å². The van der Waals surface area contributed by atoms with E-state index in [4.69, 9.17) is 9.47 Å². The zero-order chi connectivity index (χ0) is 41.5. The maximum absolute atomic E-state index is 14.2. The summed E-state index contributed by atoms with van der Waals surface area (Å²) >= 11 is 0. The number of urea groups is 1. The van der Waals surface area contributed by atoms with Gasteiger partial charge < -0.3 is 51.0 Å². The first kappa shape index (κ1) is 47.0. The fourth-order valence-corrected chi connectivity index (χ4v) is 10.3. The largest absolute Gasteiger partial charge is 0.726 e. The number of aliphatic hydroxyl groups excluding tert-OH is 3. The van der Waals surface area contributed by atoms with Crippen LogP contribution >= 0.6 is 0 Å². The molecule has 0 aliphatic carbocycles. The number of nitrogens with one attached hydrogen (secondary N) is 2. The topological polar surface area (TPSA) is 261 Å². The van der Waals surface area contributed by atoms with E-state index in [2.05, 4.69) is 14.8 Å². The van der Waals surface area contributed by atoms with E-state index in [1.807, 2.05) is 32.8 Å². The van der Waals surface area contributed by atoms with Crippen LogP contribution < -0.4 is 21.7 Å². The summed E-state index contributed by atoms with van der Waals surface area (Å²) in [5, 5.41) is 39.9. The number of unbranched alkanes of at least 4 members (excludes halogenated alkanes) is 2. The van der Waals surface area contributed by atoms with Gasteiger partial charge in [0.15, 0.2) is 16.1 Å². The molecule has 18 heteroatoms. The van der Waals surface area contributed by atoms with Gasteiger partial charge in [0.1, 0.15) is 24.4 Å². The normalized spacial score (nSPS) is 25.1. The number of carbonyl (C=O) groups is 1. The van der Waals surface area contributed by atoms with Crippen LogP contribution in [0.4, 0.5) is 16.2 Å². The highest BCUT2D eigenvalue weighted by molar-refractivity contribution is 7.91. The number of benzene rings is 3. The maximum Gasteiger partial charge on any atom is 0.321 e. The highest BCUT2D eigenvalue weighted by Crippen LogP contribution is 2.50. The lowest BCUT2D eigenvalue weighted by molar-refractivity contribution is -0.246. The third-order valence-electron chi connectivity index (χ3n) is 10.8. The van der Waals surface area contributed by atoms with Crippen LogP contribution in [0.3, 0.4) is 0 Å². The molecule has 0 unspecified atom stereocenters. The zero-order valence-electron chi connectivity index (χ0n) is 33.6. The molecule has 322 valence electrons. The van der Waals surface area contributed by atoms with Crippen molar-refractivity contribution in [1.82, 2.24) is 11.5 Å². The van der Waals surface area contributed by atoms with Crippen molar-refractivity contribution in [2.75, 3.05) is 36.7 Å². The molecule has 2 aliphatic heterocycles. The van der Waals surface area contributed by atoms with Gasteiger partial charge in [-0.2, -0.15) is 0 Å². The molecule has 58 heavy (non-hydrogen) atoms. The molecule has 16 nitrogen and oxygen atoms in total. The minimum Gasteiger partial charge on any atom is -0.726 e. The Morgan fingerprint density at radius 2 is 1.64 bits per heavy atom. The Balaban J connectivity index is 0.00000744. The Bertz CT molecular complexity index is 2030. The van der Waals surface area contributed by atoms with Crippen molar-refractivity contribution in [2.24, 2.45) is 5.41 Å². The fraction of sp³-hybridized carbons (Fsp3) is 0.525. The molecule has 1 fully saturated rings. The summed E-state index contributed by atoms with van der Waals surface area (Å²) in [4.78, 5) is 15.6. The van der Waals surface area contributed by atoms with E-state index in [9.17, 15) is 41.5 Å². The second-order valence-corrected chi connectivity index (χ2v) is 18.1. The van der Waals surface area contributed by atoms with Crippen LogP contribution in [0.1, 0.15) is 75.0 Å². The van der Waals surface area contributed by atoms with E-state index in [-0.39, 0.29) is 29.1 Å². The minimum absolute atomic E-state index is 0. The second-order valence-electron chi connectivity index (χ2n) is 15.1. The Morgan fingerprint density at radius 3 is 2.26 bits per heavy atom. The summed E-state index contributed by atoms with van der Waals surface area (Å²) in [5.41, 5.74) is 1.79. The van der Waals surface area contributed by atoms with E-state index in [0.717, 1.165) is 31.4 Å². The summed E-state index contributed by atoms with van der Waals surface area (Å²) in [6.07, 6.45) is -4.78. The highest BCUT2D eigenvalue weighted by Gasteiger charge is 2.50. The number of sulfone groups is 1. The zero-order valence-corrected chi connectivity index (χ0v) is 35.2. The van der Waals surface area contributed by atoms with Gasteiger partial charge in [-0.25, -0.2) is 21.6 Å². The van der Waals surface area contributed by atoms with Crippen molar-refractivity contribution in [3.63, 3.8) is 0 Å². The van der Waals surface area contributed by atoms with Gasteiger partial charge in [0.25, 0.3) is 0 Å². The molecular formula is C40H58N4O12S2. The van der Waals surface area contributed by atoms with Gasteiger partial charge in [0.05, 0.1) is 30.0 Å². The SMILES string of the molecule is CCCCC1(CCCC)CS(=O)(=O)c2ccc(N(C)C)cc2[C@@H](c2cccc(NC(=O)N[C@@H]3O[C@H](COS(=O)(=O)[O-])[C@@H](O)[C@H](OCc4ccccc4)[C@H]3O)c2)[C@H]1O.[NH4+]. The first-order valence-electron chi connectivity index (χ1n) is 19.2. The van der Waals surface area contributed by atoms with Gasteiger partial charge in [-0.1, -0.05) is 82.0 Å². The number of ether oxygens (including phenoxy) is 2. The average Bonchev–Trinajstić information content (AvgIpc) is 3.23. The van der Waals surface area contributed by atoms with E-state index in [1.165, 1.54) is 0 Å². The fourth-order valence-electron chi connectivity index (χ4n) is 7.80. The van der Waals surface area contributed by atoms with Gasteiger partial charge >= 0.3 is 6.03 Å². The van der Waals surface area contributed by atoms with Gasteiger partial charge in [-0.15, -0.1) is 0 Å². The first-order chi connectivity index (χ1) is 27.0. The van der Waals surface area contributed by atoms with Crippen LogP contribution in [0.25, 0.3) is 0 Å². The summed E-state index contributed by atoms with van der Waals surface area (Å²) in [7, 11) is -5.33. The van der Waals surface area contributed by atoms with Crippen LogP contribution in [-0.4, -0.2) is 106 Å². The Kier molecular flexibility index (Phi) is 16.2. The molecule has 2 aliphatic rings. The second kappa shape index (κ2) is 20.0. The summed E-state index contributed by atoms with van der Waals surface area (Å²) in [5.74, 6) is -0.991. The molecule has 3 aromatic rings. The first-order valence-corrected chi connectivity index (χ1v) is 22.1. The summed E-state index contributed by atoms with van der Waals surface area (Å²) in [6.45, 7) is 3.08. The molecule has 7 atom stereocenters. The smallest absolute Gasteiger partial charge is 0.321 e. The van der Waals surface area contributed by atoms with Crippen molar-refractivity contribution < 1.29 is 55.2 Å². The van der Waals surface area contributed by atoms with Crippen LogP contribution in [0.15, 0.2) is 77.7 Å². The number of anilines is 2. The van der Waals surface area contributed by atoms with Crippen molar-refractivity contribution >= 4 is 37.6 Å². The Labute approximate surface area is 341 Å². The number of hydrogen-bond acceptors (Lipinski definition) is 13. The monoisotopic (exact) mass is 850 g/mol. The van der Waals surface area contributed by atoms with Crippen molar-refractivity contribution in [3.05, 3.63) is 89.5 Å². The van der Waals surface area contributed by atoms with E-state index in [0.29, 0.717) is 29.5 Å². The van der Waals surface area contributed by atoms with Crippen molar-refractivity contribution in [3.8, 4) is 0 Å². The number of aliphatic hydroxyl groups is 3. The van der Waals surface area contributed by atoms with Gasteiger partial charge in [-0.3, -0.25) is 4.18 Å². The molecule has 0 bridgehead atoms. The van der Waals surface area contributed by atoms with Crippen LogP contribution in [0.5, 0.6) is 0 Å². The number of hydrogen-bond donors (Lipinski definition) is 6. The molecule has 9 N–H and O–H groups in total. The standard InChI is InChI=1S/C40H55N3O12S2.H3N/c1-5-7-19-40(20-8-6-2)25-56(48,49)32-18-17-29(43(3)4)22-30(32)33(37(40)46)27-15-12-16-28(21-27)41-39(47)42-38-35(45)36(53-23-26-13-10-9-11-14-26)34(44)31(55-38)24-54-57(50,51)52;/h9-18,21-22,31,33-38,44-46H,5-8,19-20,23-25H2,1-4H3,(H2,41,42,47)(H,50,51,52);1H3/t31-,33-,34-,35-,36+,37-,38-;/m1./s1. The molecular weight excluding hydrogens is 793 g/mol. The van der Waals surface area contributed by atoms with Gasteiger partial charge in [0.2, 0.25) is 10.4 Å². The lowest BCUT2D eigenvalue weighted by Gasteiger charge is -2.42. The number of nitrogens with zero attached hydrogens (tertiary/aromatic N) is 1. The quantitative estimate of drug-likeness (QED) is 0.0864. The molecule has 2 amide bonds. The Morgan fingerprint density at radius 1 is 0.966 bits per heavy atom. The number of carbonyl (C=O) groups excluding carboxylic acids is 1. The number of quaternary nitrogens is 1. The molecule has 2 heterocycles. The number of amides is 2. The maximum atomic E-state index is 14.2. The van der Waals surface area contributed by atoms with Crippen molar-refractivity contribution in [2.45, 2.75) is 107 Å². The summed E-state index contributed by atoms with van der Waals surface area (Å²) in [6, 6.07) is 19.8. The molecule has 0 radical (unpaired) electrons. The summed E-state index contributed by atoms with van der Waals surface area (Å²) < 4.78 is 78.0. The number of rotatable bonds is 16.